The third-order valence-electron chi connectivity index (χ3n) is 2.00. The van der Waals surface area contributed by atoms with Crippen molar-refractivity contribution < 1.29 is 9.72 Å². The van der Waals surface area contributed by atoms with E-state index in [0.717, 1.165) is 0 Å². The van der Waals surface area contributed by atoms with E-state index in [0.29, 0.717) is 18.5 Å². The number of nitrogens with one attached hydrogen (secondary N) is 1. The van der Waals surface area contributed by atoms with Crippen LogP contribution in [-0.2, 0) is 4.79 Å². The number of hydrogen-bond donors (Lipinski definition) is 1. The van der Waals surface area contributed by atoms with Crippen LogP contribution in [0, 0.1) is 22.0 Å². The maximum absolute atomic E-state index is 10.7. The van der Waals surface area contributed by atoms with Gasteiger partial charge in [-0.25, -0.2) is 0 Å². The molecule has 0 heterocycles. The summed E-state index contributed by atoms with van der Waals surface area (Å²) in [4.78, 5) is 20.7. The second-order valence-electron chi connectivity index (χ2n) is 3.46. The average molecular weight is 267 g/mol. The second-order valence-corrected chi connectivity index (χ2v) is 3.87. The number of nitrogens with zero attached hydrogens (tertiary/aromatic N) is 1. The fourth-order valence-corrected chi connectivity index (χ4v) is 1.38. The van der Waals surface area contributed by atoms with Crippen LogP contribution in [0.15, 0.2) is 18.2 Å². The van der Waals surface area contributed by atoms with Gasteiger partial charge in [0.25, 0.3) is 5.69 Å². The first-order valence-electron chi connectivity index (χ1n) is 5.18. The van der Waals surface area contributed by atoms with Crippen LogP contribution in [0.25, 0.3) is 0 Å². The summed E-state index contributed by atoms with van der Waals surface area (Å²) in [5.74, 6) is 5.48. The van der Waals surface area contributed by atoms with Gasteiger partial charge in [-0.3, -0.25) is 14.9 Å². The van der Waals surface area contributed by atoms with Crippen LogP contribution < -0.4 is 5.32 Å². The summed E-state index contributed by atoms with van der Waals surface area (Å²) in [5, 5.41) is 13.3. The van der Waals surface area contributed by atoms with Gasteiger partial charge in [-0.15, -0.1) is 0 Å². The smallest absolute Gasteiger partial charge is 0.289 e. The highest BCUT2D eigenvalue weighted by Crippen LogP contribution is 2.24. The Balaban J connectivity index is 2.68. The Morgan fingerprint density at radius 2 is 2.28 bits per heavy atom. The molecule has 1 rings (SSSR count). The molecule has 0 unspecified atom stereocenters. The summed E-state index contributed by atoms with van der Waals surface area (Å²) in [5.41, 5.74) is 0.360. The zero-order valence-corrected chi connectivity index (χ0v) is 10.5. The maximum atomic E-state index is 10.7. The van der Waals surface area contributed by atoms with Crippen LogP contribution in [0.3, 0.4) is 0 Å². The largest absolute Gasteiger partial charge is 0.355 e. The molecule has 18 heavy (non-hydrogen) atoms. The van der Waals surface area contributed by atoms with E-state index in [1.807, 2.05) is 0 Å². The van der Waals surface area contributed by atoms with Gasteiger partial charge in [0, 0.05) is 31.5 Å². The van der Waals surface area contributed by atoms with Gasteiger partial charge >= 0.3 is 0 Å². The molecule has 0 saturated heterocycles. The van der Waals surface area contributed by atoms with Crippen molar-refractivity contribution in [3.05, 3.63) is 38.9 Å². The van der Waals surface area contributed by atoms with Crippen LogP contribution >= 0.6 is 11.6 Å². The molecule has 0 spiro atoms. The van der Waals surface area contributed by atoms with Crippen molar-refractivity contribution in [1.29, 1.82) is 0 Å². The molecule has 94 valence electrons. The fraction of sp³-hybridized carbons (Fsp3) is 0.250. The molecule has 1 aromatic carbocycles. The van der Waals surface area contributed by atoms with Crippen LogP contribution in [0.5, 0.6) is 0 Å². The van der Waals surface area contributed by atoms with Gasteiger partial charge in [0.2, 0.25) is 5.91 Å². The highest BCUT2D eigenvalue weighted by atomic mass is 35.5. The van der Waals surface area contributed by atoms with E-state index in [4.69, 9.17) is 11.6 Å². The summed E-state index contributed by atoms with van der Waals surface area (Å²) < 4.78 is 0. The Hall–Kier alpha value is -2.06. The lowest BCUT2D eigenvalue weighted by Crippen LogP contribution is -2.20. The number of halogens is 1. The van der Waals surface area contributed by atoms with Crippen molar-refractivity contribution in [1.82, 2.24) is 5.32 Å². The summed E-state index contributed by atoms with van der Waals surface area (Å²) in [6, 6.07) is 4.38. The van der Waals surface area contributed by atoms with E-state index in [1.54, 1.807) is 6.07 Å². The fourth-order valence-electron chi connectivity index (χ4n) is 1.20. The minimum Gasteiger partial charge on any atom is -0.355 e. The molecule has 5 nitrogen and oxygen atoms in total. The number of amides is 1. The number of hydrogen-bond acceptors (Lipinski definition) is 3. The van der Waals surface area contributed by atoms with Gasteiger partial charge in [0.1, 0.15) is 5.02 Å². The minimum absolute atomic E-state index is 0.0868. The third kappa shape index (κ3) is 4.44. The number of carbonyl (C=O) groups is 1. The molecule has 0 saturated carbocycles. The van der Waals surface area contributed by atoms with Crippen molar-refractivity contribution in [2.45, 2.75) is 13.3 Å². The molecule has 1 N–H and O–H groups in total. The number of benzene rings is 1. The molecular formula is C12H11ClN2O3. The number of rotatable bonds is 3. The van der Waals surface area contributed by atoms with Gasteiger partial charge in [-0.2, -0.15) is 0 Å². The predicted octanol–water partition coefficient (Wildman–Crippen LogP) is 2.13. The molecule has 0 bridgehead atoms. The number of nitro benzene ring substituents is 1. The monoisotopic (exact) mass is 266 g/mol. The molecular weight excluding hydrogens is 256 g/mol. The van der Waals surface area contributed by atoms with Crippen LogP contribution in [0.2, 0.25) is 5.02 Å². The zero-order chi connectivity index (χ0) is 13.5. The highest BCUT2D eigenvalue weighted by molar-refractivity contribution is 6.32. The van der Waals surface area contributed by atoms with E-state index in [2.05, 4.69) is 17.2 Å². The van der Waals surface area contributed by atoms with E-state index in [9.17, 15) is 14.9 Å². The molecule has 0 aromatic heterocycles. The molecule has 0 atom stereocenters. The first kappa shape index (κ1) is 14.0. The van der Waals surface area contributed by atoms with Crippen molar-refractivity contribution in [3.63, 3.8) is 0 Å². The molecule has 1 aromatic rings. The topological polar surface area (TPSA) is 72.2 Å². The Morgan fingerprint density at radius 1 is 1.56 bits per heavy atom. The molecule has 0 fully saturated rings. The number of nitro groups is 1. The Labute approximate surface area is 109 Å². The van der Waals surface area contributed by atoms with E-state index in [-0.39, 0.29) is 16.6 Å². The first-order valence-corrected chi connectivity index (χ1v) is 5.55. The quantitative estimate of drug-likeness (QED) is 0.394. The average Bonchev–Trinajstić information content (AvgIpc) is 2.30. The molecule has 0 aliphatic rings. The summed E-state index contributed by atoms with van der Waals surface area (Å²) >= 11 is 5.67. The summed E-state index contributed by atoms with van der Waals surface area (Å²) in [6.07, 6.45) is 0.482. The zero-order valence-electron chi connectivity index (χ0n) is 9.70. The van der Waals surface area contributed by atoms with Crippen LogP contribution in [0.4, 0.5) is 5.69 Å². The lowest BCUT2D eigenvalue weighted by Gasteiger charge is -1.96. The van der Waals surface area contributed by atoms with Crippen molar-refractivity contribution >= 4 is 23.2 Å². The van der Waals surface area contributed by atoms with Crippen LogP contribution in [0.1, 0.15) is 18.9 Å². The van der Waals surface area contributed by atoms with Gasteiger partial charge in [-0.1, -0.05) is 23.4 Å². The van der Waals surface area contributed by atoms with Crippen LogP contribution in [-0.4, -0.2) is 17.4 Å². The van der Waals surface area contributed by atoms with Crippen molar-refractivity contribution in [2.75, 3.05) is 6.54 Å². The SMILES string of the molecule is CC(=O)NCCC#Cc1ccc(Cl)c([N+](=O)[O-])c1. The molecule has 6 heteroatoms. The van der Waals surface area contributed by atoms with E-state index in [1.165, 1.54) is 19.1 Å². The standard InChI is InChI=1S/C12H11ClN2O3/c1-9(16)14-7-3-2-4-10-5-6-11(13)12(8-10)15(17)18/h5-6,8H,3,7H2,1H3,(H,14,16). The van der Waals surface area contributed by atoms with Crippen molar-refractivity contribution in [2.24, 2.45) is 0 Å². The van der Waals surface area contributed by atoms with Gasteiger partial charge < -0.3 is 5.32 Å². The van der Waals surface area contributed by atoms with Gasteiger partial charge in [-0.05, 0) is 12.1 Å². The molecule has 0 aliphatic heterocycles. The highest BCUT2D eigenvalue weighted by Gasteiger charge is 2.11. The maximum Gasteiger partial charge on any atom is 0.289 e. The van der Waals surface area contributed by atoms with E-state index < -0.39 is 4.92 Å². The Kier molecular flexibility index (Phi) is 5.15. The second kappa shape index (κ2) is 6.62. The van der Waals surface area contributed by atoms with E-state index >= 15 is 0 Å². The number of carbonyl (C=O) groups excluding carboxylic acids is 1. The lowest BCUT2D eigenvalue weighted by atomic mass is 10.2. The normalized spacial score (nSPS) is 9.22. The van der Waals surface area contributed by atoms with Gasteiger partial charge in [0.05, 0.1) is 4.92 Å². The Morgan fingerprint density at radius 3 is 2.89 bits per heavy atom. The third-order valence-corrected chi connectivity index (χ3v) is 2.32. The Bertz CT molecular complexity index is 532. The summed E-state index contributed by atoms with van der Waals surface area (Å²) in [7, 11) is 0. The predicted molar refractivity (Wildman–Crippen MR) is 68.3 cm³/mol. The first-order chi connectivity index (χ1) is 8.50. The summed E-state index contributed by atoms with van der Waals surface area (Å²) in [6.45, 7) is 1.88. The molecule has 0 radical (unpaired) electrons. The van der Waals surface area contributed by atoms with Crippen molar-refractivity contribution in [3.8, 4) is 11.8 Å². The van der Waals surface area contributed by atoms with Gasteiger partial charge in [0.15, 0.2) is 0 Å². The lowest BCUT2D eigenvalue weighted by molar-refractivity contribution is -0.384. The molecule has 0 aliphatic carbocycles. The molecule has 1 amide bonds. The minimum atomic E-state index is -0.551.